The molecule has 0 aliphatic carbocycles. The number of nitrogens with zero attached hydrogens (tertiary/aromatic N) is 4. The van der Waals surface area contributed by atoms with Crippen LogP contribution in [-0.2, 0) is 22.6 Å². The van der Waals surface area contributed by atoms with Crippen LogP contribution in [0.1, 0.15) is 36.1 Å². The number of fused-ring (bicyclic) bond motifs is 1. The van der Waals surface area contributed by atoms with Gasteiger partial charge in [0.05, 0.1) is 17.9 Å². The molecule has 2 unspecified atom stereocenters. The van der Waals surface area contributed by atoms with E-state index in [0.29, 0.717) is 30.6 Å². The minimum atomic E-state index is -0.704. The van der Waals surface area contributed by atoms with Gasteiger partial charge in [0.15, 0.2) is 0 Å². The first kappa shape index (κ1) is 20.9. The molecule has 168 valence electrons. The van der Waals surface area contributed by atoms with Crippen molar-refractivity contribution < 1.29 is 19.4 Å². The fourth-order valence-corrected chi connectivity index (χ4v) is 4.56. The van der Waals surface area contributed by atoms with E-state index in [1.165, 1.54) is 4.90 Å². The number of aromatic nitrogens is 3. The van der Waals surface area contributed by atoms with Gasteiger partial charge < -0.3 is 19.3 Å². The molecule has 8 nitrogen and oxygen atoms in total. The van der Waals surface area contributed by atoms with Gasteiger partial charge in [0.2, 0.25) is 0 Å². The third-order valence-electron chi connectivity index (χ3n) is 6.08. The van der Waals surface area contributed by atoms with E-state index in [1.807, 2.05) is 29.8 Å². The first-order valence-corrected chi connectivity index (χ1v) is 11.0. The Morgan fingerprint density at radius 2 is 2.06 bits per heavy atom. The van der Waals surface area contributed by atoms with Gasteiger partial charge in [-0.05, 0) is 48.7 Å². The lowest BCUT2D eigenvalue weighted by Gasteiger charge is -2.25. The van der Waals surface area contributed by atoms with Gasteiger partial charge in [0.1, 0.15) is 17.6 Å². The van der Waals surface area contributed by atoms with Crippen molar-refractivity contribution in [2.75, 3.05) is 6.54 Å². The number of rotatable bonds is 6. The van der Waals surface area contributed by atoms with Crippen molar-refractivity contribution in [2.24, 2.45) is 0 Å². The van der Waals surface area contributed by atoms with E-state index in [9.17, 15) is 14.7 Å². The van der Waals surface area contributed by atoms with Gasteiger partial charge in [-0.1, -0.05) is 6.07 Å². The van der Waals surface area contributed by atoms with Gasteiger partial charge >= 0.3 is 0 Å². The molecule has 1 fully saturated rings. The smallest absolute Gasteiger partial charge is 0.295 e. The fourth-order valence-electron chi connectivity index (χ4n) is 4.56. The maximum Gasteiger partial charge on any atom is 0.295 e. The van der Waals surface area contributed by atoms with Crippen LogP contribution in [0.2, 0.25) is 0 Å². The van der Waals surface area contributed by atoms with Crippen LogP contribution in [0.15, 0.2) is 67.0 Å². The Kier molecular flexibility index (Phi) is 5.42. The largest absolute Gasteiger partial charge is 0.507 e. The minimum Gasteiger partial charge on any atom is -0.507 e. The molecule has 2 aliphatic rings. The summed E-state index contributed by atoms with van der Waals surface area (Å²) in [4.78, 5) is 35.9. The van der Waals surface area contributed by atoms with Crippen LogP contribution < -0.4 is 4.74 Å². The van der Waals surface area contributed by atoms with E-state index >= 15 is 0 Å². The normalized spacial score (nSPS) is 21.3. The molecule has 0 saturated carbocycles. The van der Waals surface area contributed by atoms with Gasteiger partial charge in [-0.15, -0.1) is 0 Å². The summed E-state index contributed by atoms with van der Waals surface area (Å²) in [5, 5.41) is 11.2. The van der Waals surface area contributed by atoms with Crippen LogP contribution in [0.4, 0.5) is 0 Å². The van der Waals surface area contributed by atoms with Crippen molar-refractivity contribution >= 4 is 17.4 Å². The number of imidazole rings is 1. The molecule has 5 rings (SSSR count). The van der Waals surface area contributed by atoms with Crippen molar-refractivity contribution in [1.29, 1.82) is 0 Å². The summed E-state index contributed by atoms with van der Waals surface area (Å²) in [5.41, 5.74) is 2.23. The number of ether oxygens (including phenoxy) is 1. The van der Waals surface area contributed by atoms with E-state index in [-0.39, 0.29) is 17.4 Å². The topological polar surface area (TPSA) is 97.6 Å². The van der Waals surface area contributed by atoms with Crippen LogP contribution in [0, 0.1) is 0 Å². The monoisotopic (exact) mass is 444 g/mol. The molecular formula is C25H24N4O4. The zero-order chi connectivity index (χ0) is 22.9. The summed E-state index contributed by atoms with van der Waals surface area (Å²) in [6.07, 6.45) is 9.95. The Bertz CT molecular complexity index is 1220. The molecule has 2 aliphatic heterocycles. The van der Waals surface area contributed by atoms with E-state index in [0.717, 1.165) is 17.7 Å². The summed E-state index contributed by atoms with van der Waals surface area (Å²) in [5.74, 6) is -0.701. The lowest BCUT2D eigenvalue weighted by atomic mass is 9.95. The zero-order valence-electron chi connectivity index (χ0n) is 18.2. The van der Waals surface area contributed by atoms with Gasteiger partial charge in [-0.2, -0.15) is 0 Å². The number of amides is 1. The molecule has 4 heterocycles. The average Bonchev–Trinajstić information content (AvgIpc) is 3.53. The third-order valence-corrected chi connectivity index (χ3v) is 6.08. The van der Waals surface area contributed by atoms with E-state index in [1.54, 1.807) is 43.1 Å². The summed E-state index contributed by atoms with van der Waals surface area (Å²) in [7, 11) is 0. The number of hydrogen-bond acceptors (Lipinski definition) is 6. The first-order chi connectivity index (χ1) is 16.0. The van der Waals surface area contributed by atoms with Crippen LogP contribution in [-0.4, -0.2) is 48.9 Å². The quantitative estimate of drug-likeness (QED) is 0.356. The summed E-state index contributed by atoms with van der Waals surface area (Å²) < 4.78 is 7.67. The summed E-state index contributed by atoms with van der Waals surface area (Å²) in [6.45, 7) is 3.00. The second-order valence-corrected chi connectivity index (χ2v) is 8.39. The van der Waals surface area contributed by atoms with Crippen molar-refractivity contribution in [3.05, 3.63) is 83.7 Å². The number of pyridine rings is 1. The molecule has 1 amide bonds. The highest BCUT2D eigenvalue weighted by molar-refractivity contribution is 6.46. The number of aliphatic hydroxyl groups excluding tert-OH is 1. The second-order valence-electron chi connectivity index (χ2n) is 8.39. The lowest BCUT2D eigenvalue weighted by Crippen LogP contribution is -2.31. The summed E-state index contributed by atoms with van der Waals surface area (Å²) in [6, 6.07) is 8.23. The standard InChI is InChI=1S/C25H24N4O4/c1-16-12-19-13-17(5-6-20(19)33-16)23(30)21-22(18-4-2-7-26-14-18)29(25(32)24(21)31)10-3-9-28-11-8-27-15-28/h2,4-8,11,13-16,22,30H,3,9-10,12H2,1H3. The molecule has 0 spiro atoms. The lowest BCUT2D eigenvalue weighted by molar-refractivity contribution is -0.139. The molecule has 2 atom stereocenters. The first-order valence-electron chi connectivity index (χ1n) is 11.0. The fraction of sp³-hybridized carbons (Fsp3) is 0.280. The molecular weight excluding hydrogens is 420 g/mol. The van der Waals surface area contributed by atoms with Crippen LogP contribution >= 0.6 is 0 Å². The van der Waals surface area contributed by atoms with Crippen LogP contribution in [0.5, 0.6) is 5.75 Å². The number of carbonyl (C=O) groups excluding carboxylic acids is 2. The van der Waals surface area contributed by atoms with Gasteiger partial charge in [0.25, 0.3) is 11.7 Å². The molecule has 33 heavy (non-hydrogen) atoms. The maximum absolute atomic E-state index is 13.1. The Hall–Kier alpha value is -3.94. The van der Waals surface area contributed by atoms with Crippen molar-refractivity contribution in [3.63, 3.8) is 0 Å². The second kappa shape index (κ2) is 8.54. The van der Waals surface area contributed by atoms with Gasteiger partial charge in [-0.25, -0.2) is 4.98 Å². The molecule has 3 aromatic rings. The molecule has 8 heteroatoms. The van der Waals surface area contributed by atoms with E-state index < -0.39 is 17.7 Å². The van der Waals surface area contributed by atoms with Gasteiger partial charge in [-0.3, -0.25) is 14.6 Å². The van der Waals surface area contributed by atoms with E-state index in [4.69, 9.17) is 4.74 Å². The molecule has 0 bridgehead atoms. The zero-order valence-corrected chi connectivity index (χ0v) is 18.2. The molecule has 2 aromatic heterocycles. The molecule has 1 saturated heterocycles. The number of carbonyl (C=O) groups is 2. The number of ketones is 1. The highest BCUT2D eigenvalue weighted by atomic mass is 16.5. The minimum absolute atomic E-state index is 0.0638. The van der Waals surface area contributed by atoms with Crippen LogP contribution in [0.25, 0.3) is 5.76 Å². The number of aryl methyl sites for hydroxylation is 1. The number of hydrogen-bond donors (Lipinski definition) is 1. The number of benzene rings is 1. The Morgan fingerprint density at radius 3 is 2.82 bits per heavy atom. The highest BCUT2D eigenvalue weighted by Crippen LogP contribution is 2.40. The number of likely N-dealkylation sites (tertiary alicyclic amines) is 1. The molecule has 1 aromatic carbocycles. The SMILES string of the molecule is CC1Cc2cc(C(O)=C3C(=O)C(=O)N(CCCn4ccnc4)C3c3cccnc3)ccc2O1. The Balaban J connectivity index is 1.51. The average molecular weight is 444 g/mol. The van der Waals surface area contributed by atoms with Gasteiger partial charge in [0, 0.05) is 49.9 Å². The Morgan fingerprint density at radius 1 is 1.18 bits per heavy atom. The molecule has 1 N–H and O–H groups in total. The van der Waals surface area contributed by atoms with Crippen molar-refractivity contribution in [2.45, 2.75) is 38.5 Å². The summed E-state index contributed by atoms with van der Waals surface area (Å²) >= 11 is 0. The number of aliphatic hydroxyl groups is 1. The third kappa shape index (κ3) is 3.88. The number of Topliss-reactive ketones (excluding diaryl/α,β-unsaturated/α-hetero) is 1. The predicted molar refractivity (Wildman–Crippen MR) is 120 cm³/mol. The predicted octanol–water partition coefficient (Wildman–Crippen LogP) is 3.11. The molecule has 0 radical (unpaired) electrons. The maximum atomic E-state index is 13.1. The highest BCUT2D eigenvalue weighted by Gasteiger charge is 2.46. The van der Waals surface area contributed by atoms with E-state index in [2.05, 4.69) is 9.97 Å². The van der Waals surface area contributed by atoms with Crippen molar-refractivity contribution in [1.82, 2.24) is 19.4 Å². The van der Waals surface area contributed by atoms with Crippen LogP contribution in [0.3, 0.4) is 0 Å². The van der Waals surface area contributed by atoms with Crippen molar-refractivity contribution in [3.8, 4) is 5.75 Å². The Labute approximate surface area is 191 Å².